The largest absolute Gasteiger partial charge is 0.450 e. The van der Waals surface area contributed by atoms with Gasteiger partial charge in [0.25, 0.3) is 5.91 Å². The molecule has 1 aromatic carbocycles. The van der Waals surface area contributed by atoms with E-state index in [9.17, 15) is 18.0 Å². The number of nitrogens with zero attached hydrogens (tertiary/aromatic N) is 2. The Morgan fingerprint density at radius 3 is 2.40 bits per heavy atom. The number of likely N-dealkylation sites (tertiary alicyclic amines) is 1. The number of carbonyl (C=O) groups is 2. The average Bonchev–Trinajstić information content (AvgIpc) is 2.75. The summed E-state index contributed by atoms with van der Waals surface area (Å²) in [6.07, 6.45) is 3.72. The van der Waals surface area contributed by atoms with Gasteiger partial charge in [-0.2, -0.15) is 4.31 Å². The molecule has 0 spiro atoms. The quantitative estimate of drug-likeness (QED) is 0.764. The van der Waals surface area contributed by atoms with Crippen molar-refractivity contribution in [2.45, 2.75) is 56.9 Å². The average molecular weight is 438 g/mol. The molecule has 2 aliphatic heterocycles. The molecule has 0 saturated carbocycles. The molecule has 3 rings (SSSR count). The molecular formula is C21H31N3O5S. The van der Waals surface area contributed by atoms with Crippen LogP contribution in [0.5, 0.6) is 0 Å². The Labute approximate surface area is 178 Å². The number of ether oxygens (including phenoxy) is 1. The number of hydrogen-bond acceptors (Lipinski definition) is 5. The summed E-state index contributed by atoms with van der Waals surface area (Å²) < 4.78 is 32.7. The minimum absolute atomic E-state index is 0.0633. The van der Waals surface area contributed by atoms with E-state index in [0.717, 1.165) is 19.3 Å². The highest BCUT2D eigenvalue weighted by Crippen LogP contribution is 2.24. The summed E-state index contributed by atoms with van der Waals surface area (Å²) in [6, 6.07) is 4.78. The topological polar surface area (TPSA) is 96.0 Å². The molecule has 0 radical (unpaired) electrons. The van der Waals surface area contributed by atoms with Gasteiger partial charge in [0.1, 0.15) is 0 Å². The van der Waals surface area contributed by atoms with Gasteiger partial charge in [0.15, 0.2) is 0 Å². The number of piperidine rings is 2. The monoisotopic (exact) mass is 437 g/mol. The van der Waals surface area contributed by atoms with Crippen molar-refractivity contribution in [3.05, 3.63) is 29.3 Å². The molecule has 0 aliphatic carbocycles. The molecule has 2 fully saturated rings. The van der Waals surface area contributed by atoms with Crippen molar-refractivity contribution in [3.8, 4) is 0 Å². The first-order valence-corrected chi connectivity index (χ1v) is 12.1. The van der Waals surface area contributed by atoms with Crippen LogP contribution in [0.1, 0.15) is 54.9 Å². The second-order valence-corrected chi connectivity index (χ2v) is 9.79. The molecule has 2 aliphatic rings. The van der Waals surface area contributed by atoms with Gasteiger partial charge in [-0.15, -0.1) is 0 Å². The van der Waals surface area contributed by atoms with Crippen molar-refractivity contribution >= 4 is 22.0 Å². The zero-order valence-electron chi connectivity index (χ0n) is 17.7. The van der Waals surface area contributed by atoms with Crippen LogP contribution in [0.15, 0.2) is 23.1 Å². The predicted octanol–water partition coefficient (Wildman–Crippen LogP) is 2.52. The fourth-order valence-electron chi connectivity index (χ4n) is 3.95. The fraction of sp³-hybridized carbons (Fsp3) is 0.619. The molecule has 30 heavy (non-hydrogen) atoms. The highest BCUT2D eigenvalue weighted by molar-refractivity contribution is 7.89. The first-order chi connectivity index (χ1) is 14.3. The first-order valence-electron chi connectivity index (χ1n) is 10.7. The normalized spacial score (nSPS) is 18.8. The first kappa shape index (κ1) is 22.6. The Morgan fingerprint density at radius 1 is 1.10 bits per heavy atom. The zero-order valence-corrected chi connectivity index (χ0v) is 18.5. The smallest absolute Gasteiger partial charge is 0.409 e. The van der Waals surface area contributed by atoms with Gasteiger partial charge >= 0.3 is 6.09 Å². The van der Waals surface area contributed by atoms with Gasteiger partial charge in [-0.25, -0.2) is 13.2 Å². The summed E-state index contributed by atoms with van der Waals surface area (Å²) in [7, 11) is -3.61. The van der Waals surface area contributed by atoms with Gasteiger partial charge in [-0.3, -0.25) is 4.79 Å². The maximum Gasteiger partial charge on any atom is 0.409 e. The van der Waals surface area contributed by atoms with Gasteiger partial charge in [-0.1, -0.05) is 12.5 Å². The summed E-state index contributed by atoms with van der Waals surface area (Å²) >= 11 is 0. The van der Waals surface area contributed by atoms with Crippen LogP contribution in [0, 0.1) is 6.92 Å². The van der Waals surface area contributed by atoms with Gasteiger partial charge in [-0.05, 0) is 57.2 Å². The molecule has 0 atom stereocenters. The minimum atomic E-state index is -3.61. The maximum atomic E-state index is 13.1. The number of benzene rings is 1. The van der Waals surface area contributed by atoms with E-state index in [0.29, 0.717) is 56.8 Å². The Balaban J connectivity index is 1.66. The van der Waals surface area contributed by atoms with Crippen LogP contribution in [0.3, 0.4) is 0 Å². The van der Waals surface area contributed by atoms with Crippen LogP contribution in [0.4, 0.5) is 4.79 Å². The number of hydrogen-bond donors (Lipinski definition) is 1. The van der Waals surface area contributed by atoms with Gasteiger partial charge in [0, 0.05) is 37.8 Å². The molecular weight excluding hydrogens is 406 g/mol. The molecule has 0 unspecified atom stereocenters. The Bertz CT molecular complexity index is 873. The lowest BCUT2D eigenvalue weighted by atomic mass is 10.0. The molecule has 2 amide bonds. The van der Waals surface area contributed by atoms with Crippen molar-refractivity contribution < 1.29 is 22.7 Å². The molecule has 166 valence electrons. The number of aryl methyl sites for hydroxylation is 1. The Hall–Kier alpha value is -2.13. The molecule has 2 heterocycles. The summed E-state index contributed by atoms with van der Waals surface area (Å²) in [6.45, 7) is 5.95. The van der Waals surface area contributed by atoms with Crippen LogP contribution in [0.2, 0.25) is 0 Å². The minimum Gasteiger partial charge on any atom is -0.450 e. The highest BCUT2D eigenvalue weighted by Gasteiger charge is 2.29. The number of amides is 2. The fourth-order valence-corrected chi connectivity index (χ4v) is 5.72. The number of carbonyl (C=O) groups excluding carboxylic acids is 2. The van der Waals surface area contributed by atoms with Gasteiger partial charge in [0.2, 0.25) is 10.0 Å². The Morgan fingerprint density at radius 2 is 1.77 bits per heavy atom. The van der Waals surface area contributed by atoms with Crippen molar-refractivity contribution in [2.24, 2.45) is 0 Å². The molecule has 9 heteroatoms. The Kier molecular flexibility index (Phi) is 7.36. The summed E-state index contributed by atoms with van der Waals surface area (Å²) in [4.78, 5) is 26.4. The third kappa shape index (κ3) is 5.13. The third-order valence-corrected chi connectivity index (χ3v) is 7.78. The summed E-state index contributed by atoms with van der Waals surface area (Å²) in [5.41, 5.74) is 0.976. The predicted molar refractivity (Wildman–Crippen MR) is 113 cm³/mol. The van der Waals surface area contributed by atoms with E-state index >= 15 is 0 Å². The van der Waals surface area contributed by atoms with Crippen molar-refractivity contribution in [1.82, 2.24) is 14.5 Å². The number of sulfonamides is 1. The van der Waals surface area contributed by atoms with Crippen molar-refractivity contribution in [1.29, 1.82) is 0 Å². The second-order valence-electron chi connectivity index (χ2n) is 7.88. The highest BCUT2D eigenvalue weighted by atomic mass is 32.2. The molecule has 1 aromatic rings. The van der Waals surface area contributed by atoms with Crippen LogP contribution in [-0.4, -0.2) is 68.5 Å². The standard InChI is InChI=1S/C21H31N3O5S/c1-3-29-21(26)23-13-9-18(10-14-23)22-20(25)17-8-7-16(2)19(15-17)30(27,28)24-11-5-4-6-12-24/h7-8,15,18H,3-6,9-14H2,1-2H3,(H,22,25). The lowest BCUT2D eigenvalue weighted by Crippen LogP contribution is -2.46. The molecule has 2 saturated heterocycles. The van der Waals surface area contributed by atoms with E-state index in [4.69, 9.17) is 4.74 Å². The van der Waals surface area contributed by atoms with E-state index in [1.807, 2.05) is 0 Å². The lowest BCUT2D eigenvalue weighted by molar-refractivity contribution is 0.0860. The maximum absolute atomic E-state index is 13.1. The second kappa shape index (κ2) is 9.78. The van der Waals surface area contributed by atoms with E-state index in [1.165, 1.54) is 10.4 Å². The van der Waals surface area contributed by atoms with Crippen molar-refractivity contribution in [3.63, 3.8) is 0 Å². The molecule has 1 N–H and O–H groups in total. The molecule has 0 bridgehead atoms. The van der Waals surface area contributed by atoms with Crippen LogP contribution < -0.4 is 5.32 Å². The molecule has 8 nitrogen and oxygen atoms in total. The summed E-state index contributed by atoms with van der Waals surface area (Å²) in [5, 5.41) is 2.98. The lowest BCUT2D eigenvalue weighted by Gasteiger charge is -2.31. The van der Waals surface area contributed by atoms with E-state index < -0.39 is 10.0 Å². The van der Waals surface area contributed by atoms with Gasteiger partial charge < -0.3 is 15.0 Å². The number of rotatable bonds is 5. The van der Waals surface area contributed by atoms with Crippen LogP contribution >= 0.6 is 0 Å². The van der Waals surface area contributed by atoms with E-state index in [2.05, 4.69) is 5.32 Å². The third-order valence-electron chi connectivity index (χ3n) is 5.74. The SMILES string of the molecule is CCOC(=O)N1CCC(NC(=O)c2ccc(C)c(S(=O)(=O)N3CCCCC3)c2)CC1. The molecule has 0 aromatic heterocycles. The van der Waals surface area contributed by atoms with Crippen LogP contribution in [-0.2, 0) is 14.8 Å². The van der Waals surface area contributed by atoms with Crippen LogP contribution in [0.25, 0.3) is 0 Å². The van der Waals surface area contributed by atoms with Crippen molar-refractivity contribution in [2.75, 3.05) is 32.8 Å². The zero-order chi connectivity index (χ0) is 21.7. The summed E-state index contributed by atoms with van der Waals surface area (Å²) in [5.74, 6) is -0.292. The van der Waals surface area contributed by atoms with E-state index in [1.54, 1.807) is 30.9 Å². The van der Waals surface area contributed by atoms with E-state index in [-0.39, 0.29) is 22.9 Å². The number of nitrogens with one attached hydrogen (secondary N) is 1. The van der Waals surface area contributed by atoms with Gasteiger partial charge in [0.05, 0.1) is 11.5 Å².